The lowest BCUT2D eigenvalue weighted by Crippen LogP contribution is -2.69. The summed E-state index contributed by atoms with van der Waals surface area (Å²) in [6, 6.07) is 0. The van der Waals surface area contributed by atoms with Crippen LogP contribution >= 0.6 is 0 Å². The van der Waals surface area contributed by atoms with Crippen LogP contribution in [0.4, 0.5) is 0 Å². The van der Waals surface area contributed by atoms with Gasteiger partial charge in [-0.3, -0.25) is 4.79 Å². The number of allylic oxidation sites excluding steroid dienone is 2. The number of methoxy groups -OCH3 is 1. The number of aliphatic hydroxyl groups excluding tert-OH is 9. The smallest absolute Gasteiger partial charge is 0.335 e. The van der Waals surface area contributed by atoms with Gasteiger partial charge < -0.3 is 89.0 Å². The number of fused-ring (bicyclic) bond motifs is 7. The number of aliphatic hydroxyl groups is 9. The minimum absolute atomic E-state index is 0.00506. The quantitative estimate of drug-likeness (QED) is 0.0580. The predicted octanol–water partition coefficient (Wildman–Crippen LogP) is -0.324. The molecule has 24 atom stereocenters. The first-order valence-corrected chi connectivity index (χ1v) is 24.2. The molecule has 10 N–H and O–H groups in total. The van der Waals surface area contributed by atoms with Gasteiger partial charge in [-0.1, -0.05) is 53.2 Å². The number of aliphatic carboxylic acids is 1. The van der Waals surface area contributed by atoms with E-state index in [1.54, 1.807) is 6.92 Å². The first kappa shape index (κ1) is 52.1. The average molecular weight is 971 g/mol. The van der Waals surface area contributed by atoms with Gasteiger partial charge in [-0.2, -0.15) is 0 Å². The molecule has 0 aromatic heterocycles. The summed E-state index contributed by atoms with van der Waals surface area (Å²) in [7, 11) is 1.39. The lowest BCUT2D eigenvalue weighted by atomic mass is 9.33. The fourth-order valence-corrected chi connectivity index (χ4v) is 15.0. The highest BCUT2D eigenvalue weighted by Gasteiger charge is 2.72. The lowest BCUT2D eigenvalue weighted by molar-refractivity contribution is -0.391. The third-order valence-electron chi connectivity index (χ3n) is 19.1. The number of aldehydes is 1. The average Bonchev–Trinajstić information content (AvgIpc) is 3.28. The molecule has 8 aliphatic rings. The number of hydrogen-bond donors (Lipinski definition) is 10. The number of carboxylic acid groups (broad SMARTS) is 1. The number of hydrogen-bond acceptors (Lipinski definition) is 19. The zero-order chi connectivity index (χ0) is 49.8. The van der Waals surface area contributed by atoms with Crippen molar-refractivity contribution in [3.63, 3.8) is 0 Å². The predicted molar refractivity (Wildman–Crippen MR) is 231 cm³/mol. The third kappa shape index (κ3) is 7.86. The van der Waals surface area contributed by atoms with E-state index < -0.39 is 139 Å². The van der Waals surface area contributed by atoms with Crippen molar-refractivity contribution >= 4 is 18.2 Å². The van der Waals surface area contributed by atoms with Gasteiger partial charge in [0.2, 0.25) is 0 Å². The molecule has 20 nitrogen and oxygen atoms in total. The molecule has 3 saturated heterocycles. The van der Waals surface area contributed by atoms with Gasteiger partial charge in [-0.15, -0.1) is 0 Å². The Labute approximate surface area is 395 Å². The topological polar surface area (TPSA) is 318 Å². The molecular weight excluding hydrogens is 897 g/mol. The molecule has 386 valence electrons. The first-order valence-electron chi connectivity index (χ1n) is 24.2. The van der Waals surface area contributed by atoms with Crippen molar-refractivity contribution in [2.24, 2.45) is 50.2 Å². The monoisotopic (exact) mass is 970 g/mol. The molecule has 20 heteroatoms. The van der Waals surface area contributed by atoms with E-state index in [1.165, 1.54) is 12.7 Å². The summed E-state index contributed by atoms with van der Waals surface area (Å²) in [6.45, 7) is 11.6. The van der Waals surface area contributed by atoms with Gasteiger partial charge in [0.1, 0.15) is 72.7 Å². The molecule has 0 spiro atoms. The molecule has 3 aliphatic heterocycles. The highest BCUT2D eigenvalue weighted by Crippen LogP contribution is 2.76. The van der Waals surface area contributed by atoms with Crippen LogP contribution < -0.4 is 0 Å². The van der Waals surface area contributed by atoms with Crippen LogP contribution in [-0.2, 0) is 47.5 Å². The van der Waals surface area contributed by atoms with E-state index in [4.69, 9.17) is 33.2 Å². The van der Waals surface area contributed by atoms with Crippen LogP contribution in [0.2, 0.25) is 0 Å². The number of rotatable bonds is 10. The molecule has 0 amide bonds. The maximum absolute atomic E-state index is 13.9. The molecule has 0 aromatic rings. The molecule has 68 heavy (non-hydrogen) atoms. The molecule has 24 unspecified atom stereocenters. The Morgan fingerprint density at radius 1 is 0.750 bits per heavy atom. The number of esters is 1. The summed E-state index contributed by atoms with van der Waals surface area (Å²) < 4.78 is 41.4. The zero-order valence-electron chi connectivity index (χ0n) is 40.0. The SMILES string of the molecule is COC(=O)C12CCC(C)(C)CC1C1=CCC3C4(C)CCC(OC5OC(C(=O)O)C(O)C(OC6OCC(O)C(O)C6O)C5OC5OC(CO)C(O)C(O)C5O)C(C)(C=O)C4CCC3(C)C1(C)CC2O. The number of carboxylic acids is 1. The van der Waals surface area contributed by atoms with Crippen molar-refractivity contribution in [1.82, 2.24) is 0 Å². The Kier molecular flexibility index (Phi) is 14.1. The van der Waals surface area contributed by atoms with Crippen LogP contribution in [-0.4, -0.2) is 188 Å². The van der Waals surface area contributed by atoms with E-state index in [0.717, 1.165) is 19.1 Å². The maximum atomic E-state index is 13.9. The van der Waals surface area contributed by atoms with Gasteiger partial charge >= 0.3 is 11.9 Å². The molecule has 5 aliphatic carbocycles. The normalized spacial score (nSPS) is 53.4. The summed E-state index contributed by atoms with van der Waals surface area (Å²) in [5, 5.41) is 108. The molecule has 0 aromatic carbocycles. The van der Waals surface area contributed by atoms with Gasteiger partial charge in [0.25, 0.3) is 0 Å². The van der Waals surface area contributed by atoms with Crippen molar-refractivity contribution in [3.8, 4) is 0 Å². The van der Waals surface area contributed by atoms with Crippen molar-refractivity contribution in [2.75, 3.05) is 20.3 Å². The Morgan fingerprint density at radius 2 is 1.43 bits per heavy atom. The van der Waals surface area contributed by atoms with Crippen LogP contribution in [0.3, 0.4) is 0 Å². The highest BCUT2D eigenvalue weighted by molar-refractivity contribution is 5.79. The number of carbonyl (C=O) groups excluding carboxylic acids is 2. The van der Waals surface area contributed by atoms with Gasteiger partial charge in [-0.05, 0) is 97.2 Å². The van der Waals surface area contributed by atoms with E-state index in [9.17, 15) is 65.4 Å². The second-order valence-electron chi connectivity index (χ2n) is 23.0. The van der Waals surface area contributed by atoms with E-state index in [2.05, 4.69) is 40.7 Å². The Balaban J connectivity index is 1.13. The first-order chi connectivity index (χ1) is 31.8. The molecule has 4 saturated carbocycles. The standard InChI is InChI=1S/C48H74O20/c1-43(2)14-15-48(42(61)62-7)22(16-43)21-8-9-26-44(3)12-11-28(45(4,20-50)25(44)10-13-46(26,5)47(21,6)17-27(48)52)65-41-37(68-40-33(57)31(55)30(54)24(18-49)64-40)35(34(58)36(67-41)38(59)60)66-39-32(56)29(53)23(51)19-63-39/h8,20,22-37,39-41,49,51-58H,9-19H2,1-7H3,(H,59,60). The van der Waals surface area contributed by atoms with E-state index in [-0.39, 0.29) is 41.0 Å². The fourth-order valence-electron chi connectivity index (χ4n) is 15.0. The second-order valence-corrected chi connectivity index (χ2v) is 23.0. The number of carbonyl (C=O) groups is 3. The second kappa shape index (κ2) is 18.4. The zero-order valence-corrected chi connectivity index (χ0v) is 40.0. The summed E-state index contributed by atoms with van der Waals surface area (Å²) in [4.78, 5) is 40.4. The van der Waals surface area contributed by atoms with Crippen LogP contribution in [0.1, 0.15) is 99.3 Å². The van der Waals surface area contributed by atoms with Gasteiger partial charge in [0, 0.05) is 0 Å². The molecule has 3 heterocycles. The van der Waals surface area contributed by atoms with E-state index in [1.807, 2.05) is 0 Å². The van der Waals surface area contributed by atoms with Gasteiger partial charge in [0.05, 0.1) is 37.9 Å². The molecule has 8 rings (SSSR count). The molecule has 0 radical (unpaired) electrons. The largest absolute Gasteiger partial charge is 0.479 e. The molecule has 7 fully saturated rings. The van der Waals surface area contributed by atoms with Gasteiger partial charge in [0.15, 0.2) is 25.0 Å². The summed E-state index contributed by atoms with van der Waals surface area (Å²) in [5.41, 5.74) is -2.59. The van der Waals surface area contributed by atoms with Crippen molar-refractivity contribution in [1.29, 1.82) is 0 Å². The van der Waals surface area contributed by atoms with Crippen LogP contribution in [0.15, 0.2) is 11.6 Å². The number of ether oxygens (including phenoxy) is 7. The third-order valence-corrected chi connectivity index (χ3v) is 19.1. The Morgan fingerprint density at radius 3 is 2.07 bits per heavy atom. The highest BCUT2D eigenvalue weighted by atomic mass is 16.8. The summed E-state index contributed by atoms with van der Waals surface area (Å²) in [5.74, 6) is -2.58. The molecule has 0 bridgehead atoms. The summed E-state index contributed by atoms with van der Waals surface area (Å²) >= 11 is 0. The minimum atomic E-state index is -2.13. The van der Waals surface area contributed by atoms with E-state index in [0.29, 0.717) is 38.5 Å². The van der Waals surface area contributed by atoms with E-state index >= 15 is 0 Å². The Hall–Kier alpha value is -2.25. The van der Waals surface area contributed by atoms with Crippen LogP contribution in [0.25, 0.3) is 0 Å². The maximum Gasteiger partial charge on any atom is 0.335 e. The van der Waals surface area contributed by atoms with Crippen molar-refractivity contribution < 1.29 is 98.6 Å². The minimum Gasteiger partial charge on any atom is -0.479 e. The van der Waals surface area contributed by atoms with Crippen molar-refractivity contribution in [3.05, 3.63) is 11.6 Å². The van der Waals surface area contributed by atoms with Crippen molar-refractivity contribution in [2.45, 2.75) is 198 Å². The van der Waals surface area contributed by atoms with Crippen LogP contribution in [0, 0.1) is 50.2 Å². The fraction of sp³-hybridized carbons (Fsp3) is 0.896. The van der Waals surface area contributed by atoms with Gasteiger partial charge in [-0.25, -0.2) is 4.79 Å². The van der Waals surface area contributed by atoms with Crippen LogP contribution in [0.5, 0.6) is 0 Å². The Bertz CT molecular complexity index is 1930. The summed E-state index contributed by atoms with van der Waals surface area (Å²) in [6.07, 6.45) is -19.7. The molecular formula is C48H74O20. The lowest BCUT2D eigenvalue weighted by Gasteiger charge is -2.71.